The summed E-state index contributed by atoms with van der Waals surface area (Å²) in [6, 6.07) is 14.5. The fourth-order valence-electron chi connectivity index (χ4n) is 2.85. The molecule has 2 aromatic rings. The van der Waals surface area contributed by atoms with E-state index in [1.807, 2.05) is 18.2 Å². The first-order valence-corrected chi connectivity index (χ1v) is 7.95. The number of carbonyl (C=O) groups is 1. The van der Waals surface area contributed by atoms with Gasteiger partial charge in [0.2, 0.25) is 0 Å². The highest BCUT2D eigenvalue weighted by atomic mass is 16.5. The van der Waals surface area contributed by atoms with Crippen molar-refractivity contribution in [3.8, 4) is 5.75 Å². The molecule has 0 bridgehead atoms. The van der Waals surface area contributed by atoms with E-state index in [-0.39, 0.29) is 6.42 Å². The van der Waals surface area contributed by atoms with Crippen LogP contribution in [0.25, 0.3) is 0 Å². The van der Waals surface area contributed by atoms with Crippen LogP contribution in [0.1, 0.15) is 28.7 Å². The number of rotatable bonds is 7. The van der Waals surface area contributed by atoms with Crippen LogP contribution < -0.4 is 10.1 Å². The molecule has 0 amide bonds. The molecule has 23 heavy (non-hydrogen) atoms. The molecule has 120 valence electrons. The number of carboxylic acids is 1. The second kappa shape index (κ2) is 7.29. The Hall–Kier alpha value is -2.33. The molecule has 0 saturated carbocycles. The van der Waals surface area contributed by atoms with E-state index in [0.717, 1.165) is 37.4 Å². The molecule has 0 spiro atoms. The number of hydrogen-bond acceptors (Lipinski definition) is 3. The van der Waals surface area contributed by atoms with Crippen molar-refractivity contribution in [2.45, 2.75) is 32.4 Å². The van der Waals surface area contributed by atoms with E-state index in [4.69, 9.17) is 9.84 Å². The lowest BCUT2D eigenvalue weighted by Crippen LogP contribution is -2.13. The van der Waals surface area contributed by atoms with Crippen LogP contribution in [0.3, 0.4) is 0 Å². The monoisotopic (exact) mass is 311 g/mol. The lowest BCUT2D eigenvalue weighted by molar-refractivity contribution is -0.136. The molecule has 1 heterocycles. The quantitative estimate of drug-likeness (QED) is 0.825. The van der Waals surface area contributed by atoms with E-state index >= 15 is 0 Å². The Kier molecular flexibility index (Phi) is 4.93. The minimum absolute atomic E-state index is 0.175. The van der Waals surface area contributed by atoms with E-state index in [1.54, 1.807) is 0 Å². The first-order valence-electron chi connectivity index (χ1n) is 7.95. The van der Waals surface area contributed by atoms with Crippen molar-refractivity contribution in [2.75, 3.05) is 6.61 Å². The van der Waals surface area contributed by atoms with Gasteiger partial charge in [-0.15, -0.1) is 0 Å². The third-order valence-corrected chi connectivity index (χ3v) is 4.03. The molecule has 0 atom stereocenters. The van der Waals surface area contributed by atoms with E-state index in [9.17, 15) is 4.79 Å². The Morgan fingerprint density at radius 2 is 1.87 bits per heavy atom. The number of benzene rings is 2. The van der Waals surface area contributed by atoms with Crippen molar-refractivity contribution in [3.05, 3.63) is 64.7 Å². The summed E-state index contributed by atoms with van der Waals surface area (Å²) in [5.41, 5.74) is 4.80. The summed E-state index contributed by atoms with van der Waals surface area (Å²) in [6.07, 6.45) is 1.75. The molecule has 1 aliphatic rings. The van der Waals surface area contributed by atoms with Gasteiger partial charge in [0.15, 0.2) is 0 Å². The number of fused-ring (bicyclic) bond motifs is 1. The molecule has 1 aliphatic heterocycles. The summed E-state index contributed by atoms with van der Waals surface area (Å²) < 4.78 is 5.52. The largest absolute Gasteiger partial charge is 0.493 e. The predicted octanol–water partition coefficient (Wildman–Crippen LogP) is 2.93. The SMILES string of the molecule is O=C(O)CCc1cccc(CNCc2ccc3c(c2)CCO3)c1. The molecule has 2 N–H and O–H groups in total. The van der Waals surface area contributed by atoms with Gasteiger partial charge in [0.1, 0.15) is 5.75 Å². The maximum Gasteiger partial charge on any atom is 0.303 e. The van der Waals surface area contributed by atoms with Gasteiger partial charge in [-0.25, -0.2) is 0 Å². The Balaban J connectivity index is 1.52. The van der Waals surface area contributed by atoms with Crippen LogP contribution in [-0.4, -0.2) is 17.7 Å². The molecule has 0 saturated heterocycles. The van der Waals surface area contributed by atoms with E-state index < -0.39 is 5.97 Å². The number of aryl methyl sites for hydroxylation is 1. The van der Waals surface area contributed by atoms with Crippen molar-refractivity contribution in [3.63, 3.8) is 0 Å². The van der Waals surface area contributed by atoms with Gasteiger partial charge in [0.25, 0.3) is 0 Å². The molecule has 0 aromatic heterocycles. The van der Waals surface area contributed by atoms with Crippen molar-refractivity contribution >= 4 is 5.97 Å². The molecule has 0 radical (unpaired) electrons. The average Bonchev–Trinajstić information content (AvgIpc) is 3.01. The van der Waals surface area contributed by atoms with Gasteiger partial charge < -0.3 is 15.2 Å². The number of aliphatic carboxylic acids is 1. The number of carboxylic acid groups (broad SMARTS) is 1. The first-order chi connectivity index (χ1) is 11.2. The normalized spacial score (nSPS) is 12.7. The third-order valence-electron chi connectivity index (χ3n) is 4.03. The summed E-state index contributed by atoms with van der Waals surface area (Å²) in [6.45, 7) is 2.37. The lowest BCUT2D eigenvalue weighted by Gasteiger charge is -2.08. The van der Waals surface area contributed by atoms with Crippen LogP contribution >= 0.6 is 0 Å². The zero-order valence-electron chi connectivity index (χ0n) is 13.0. The highest BCUT2D eigenvalue weighted by Crippen LogP contribution is 2.25. The average molecular weight is 311 g/mol. The summed E-state index contributed by atoms with van der Waals surface area (Å²) in [5.74, 6) is 0.258. The van der Waals surface area contributed by atoms with E-state index in [1.165, 1.54) is 16.7 Å². The zero-order chi connectivity index (χ0) is 16.1. The molecule has 2 aromatic carbocycles. The van der Waals surface area contributed by atoms with Crippen LogP contribution in [0.15, 0.2) is 42.5 Å². The number of nitrogens with one attached hydrogen (secondary N) is 1. The van der Waals surface area contributed by atoms with Crippen LogP contribution in [0.2, 0.25) is 0 Å². The van der Waals surface area contributed by atoms with Gasteiger partial charge in [0.05, 0.1) is 6.61 Å². The van der Waals surface area contributed by atoms with Crippen LogP contribution in [0.5, 0.6) is 5.75 Å². The Morgan fingerprint density at radius 3 is 2.70 bits per heavy atom. The first kappa shape index (κ1) is 15.6. The van der Waals surface area contributed by atoms with Crippen molar-refractivity contribution in [2.24, 2.45) is 0 Å². The van der Waals surface area contributed by atoms with Gasteiger partial charge >= 0.3 is 5.97 Å². The molecule has 0 unspecified atom stereocenters. The third kappa shape index (κ3) is 4.33. The minimum Gasteiger partial charge on any atom is -0.493 e. The standard InChI is InChI=1S/C19H21NO3/c21-19(22)7-5-14-2-1-3-15(10-14)12-20-13-16-4-6-18-17(11-16)8-9-23-18/h1-4,6,10-11,20H,5,7-9,12-13H2,(H,21,22). The smallest absolute Gasteiger partial charge is 0.303 e. The maximum atomic E-state index is 10.6. The highest BCUT2D eigenvalue weighted by molar-refractivity contribution is 5.67. The summed E-state index contributed by atoms with van der Waals surface area (Å²) in [7, 11) is 0. The molecule has 3 rings (SSSR count). The topological polar surface area (TPSA) is 58.6 Å². The summed E-state index contributed by atoms with van der Waals surface area (Å²) in [4.78, 5) is 10.6. The molecule has 4 heteroatoms. The Bertz CT molecular complexity index is 697. The molecular formula is C19H21NO3. The van der Waals surface area contributed by atoms with E-state index in [2.05, 4.69) is 29.6 Å². The van der Waals surface area contributed by atoms with Crippen LogP contribution in [-0.2, 0) is 30.7 Å². The second-order valence-corrected chi connectivity index (χ2v) is 5.86. The van der Waals surface area contributed by atoms with Crippen LogP contribution in [0.4, 0.5) is 0 Å². The van der Waals surface area contributed by atoms with Crippen molar-refractivity contribution in [1.29, 1.82) is 0 Å². The molecule has 0 aliphatic carbocycles. The highest BCUT2D eigenvalue weighted by Gasteiger charge is 2.11. The van der Waals surface area contributed by atoms with Gasteiger partial charge in [-0.3, -0.25) is 4.79 Å². The lowest BCUT2D eigenvalue weighted by atomic mass is 10.1. The van der Waals surface area contributed by atoms with Gasteiger partial charge in [-0.2, -0.15) is 0 Å². The summed E-state index contributed by atoms with van der Waals surface area (Å²) >= 11 is 0. The number of ether oxygens (including phenoxy) is 1. The molecule has 4 nitrogen and oxygen atoms in total. The fraction of sp³-hybridized carbons (Fsp3) is 0.316. The minimum atomic E-state index is -0.755. The maximum absolute atomic E-state index is 10.6. The number of hydrogen-bond donors (Lipinski definition) is 2. The van der Waals surface area contributed by atoms with Gasteiger partial charge in [-0.1, -0.05) is 36.4 Å². The second-order valence-electron chi connectivity index (χ2n) is 5.86. The predicted molar refractivity (Wildman–Crippen MR) is 88.6 cm³/mol. The molecular weight excluding hydrogens is 290 g/mol. The Labute approximate surface area is 136 Å². The van der Waals surface area contributed by atoms with Crippen molar-refractivity contribution in [1.82, 2.24) is 5.32 Å². The summed E-state index contributed by atoms with van der Waals surface area (Å²) in [5, 5.41) is 12.2. The van der Waals surface area contributed by atoms with Crippen molar-refractivity contribution < 1.29 is 14.6 Å². The van der Waals surface area contributed by atoms with E-state index in [0.29, 0.717) is 6.42 Å². The zero-order valence-corrected chi connectivity index (χ0v) is 13.0. The van der Waals surface area contributed by atoms with Gasteiger partial charge in [-0.05, 0) is 34.7 Å². The van der Waals surface area contributed by atoms with Gasteiger partial charge in [0, 0.05) is 25.9 Å². The molecule has 0 fully saturated rings. The Morgan fingerprint density at radius 1 is 1.09 bits per heavy atom. The van der Waals surface area contributed by atoms with Crippen LogP contribution in [0, 0.1) is 0 Å². The fourth-order valence-corrected chi connectivity index (χ4v) is 2.85.